The number of alkyl halides is 3. The molecule has 0 saturated carbocycles. The number of rotatable bonds is 2. The van der Waals surface area contributed by atoms with Gasteiger partial charge in [-0.15, -0.1) is 11.3 Å². The quantitative estimate of drug-likeness (QED) is 0.649. The largest absolute Gasteiger partial charge is 0.433 e. The van der Waals surface area contributed by atoms with Crippen LogP contribution in [0.5, 0.6) is 0 Å². The predicted octanol–water partition coefficient (Wildman–Crippen LogP) is 4.35. The van der Waals surface area contributed by atoms with E-state index in [2.05, 4.69) is 17.0 Å². The highest BCUT2D eigenvalue weighted by Crippen LogP contribution is 2.33. The fourth-order valence-electron chi connectivity index (χ4n) is 3.37. The Hall–Kier alpha value is -2.42. The molecule has 0 aliphatic carbocycles. The van der Waals surface area contributed by atoms with Gasteiger partial charge in [0.1, 0.15) is 0 Å². The molecule has 1 atom stereocenters. The maximum atomic E-state index is 13.6. The topological polar surface area (TPSA) is 50.5 Å². The number of fused-ring (bicyclic) bond motifs is 1. The maximum absolute atomic E-state index is 13.6. The molecule has 0 spiro atoms. The monoisotopic (exact) mass is 394 g/mol. The Morgan fingerprint density at radius 1 is 1.33 bits per heavy atom. The second-order valence-electron chi connectivity index (χ2n) is 6.80. The van der Waals surface area contributed by atoms with Crippen LogP contribution in [-0.2, 0) is 6.18 Å². The minimum absolute atomic E-state index is 0.00886. The number of likely N-dealkylation sites (tertiary alicyclic amines) is 1. The molecule has 3 aromatic heterocycles. The van der Waals surface area contributed by atoms with E-state index < -0.39 is 11.9 Å². The minimum atomic E-state index is -4.61. The number of carbonyl (C=O) groups excluding carboxylic acids is 1. The van der Waals surface area contributed by atoms with Crippen LogP contribution >= 0.6 is 11.3 Å². The summed E-state index contributed by atoms with van der Waals surface area (Å²) < 4.78 is 41.4. The summed E-state index contributed by atoms with van der Waals surface area (Å²) in [5.74, 6) is 0.0203. The molecule has 142 valence electrons. The van der Waals surface area contributed by atoms with Crippen molar-refractivity contribution in [3.63, 3.8) is 0 Å². The highest BCUT2D eigenvalue weighted by molar-refractivity contribution is 7.13. The van der Waals surface area contributed by atoms with E-state index >= 15 is 0 Å². The van der Waals surface area contributed by atoms with E-state index in [-0.39, 0.29) is 22.9 Å². The summed E-state index contributed by atoms with van der Waals surface area (Å²) in [5.41, 5.74) is -0.718. The van der Waals surface area contributed by atoms with Crippen molar-refractivity contribution >= 4 is 22.9 Å². The molecule has 5 nitrogen and oxygen atoms in total. The molecule has 1 aliphatic rings. The van der Waals surface area contributed by atoms with Crippen LogP contribution < -0.4 is 0 Å². The molecule has 4 heterocycles. The van der Waals surface area contributed by atoms with Crippen molar-refractivity contribution in [2.45, 2.75) is 25.9 Å². The Balaban J connectivity index is 1.80. The third-order valence-corrected chi connectivity index (χ3v) is 5.55. The third-order valence-electron chi connectivity index (χ3n) is 4.65. The summed E-state index contributed by atoms with van der Waals surface area (Å²) in [6.07, 6.45) is -2.69. The van der Waals surface area contributed by atoms with Crippen molar-refractivity contribution in [3.8, 4) is 10.6 Å². The molecule has 1 saturated heterocycles. The average Bonchev–Trinajstić information content (AvgIpc) is 3.28. The molecular formula is C18H17F3N4OS. The predicted molar refractivity (Wildman–Crippen MR) is 95.6 cm³/mol. The lowest BCUT2D eigenvalue weighted by molar-refractivity contribution is -0.142. The number of carbonyl (C=O) groups is 1. The first kappa shape index (κ1) is 18.0. The van der Waals surface area contributed by atoms with E-state index in [1.54, 1.807) is 22.4 Å². The van der Waals surface area contributed by atoms with Crippen LogP contribution in [-0.4, -0.2) is 38.5 Å². The van der Waals surface area contributed by atoms with Crippen molar-refractivity contribution in [2.24, 2.45) is 5.92 Å². The molecule has 3 aromatic rings. The maximum Gasteiger partial charge on any atom is 0.433 e. The number of amides is 1. The number of halogens is 3. The molecule has 1 unspecified atom stereocenters. The van der Waals surface area contributed by atoms with Crippen LogP contribution in [0.4, 0.5) is 13.2 Å². The molecule has 1 fully saturated rings. The molecule has 0 bridgehead atoms. The van der Waals surface area contributed by atoms with E-state index in [0.717, 1.165) is 23.4 Å². The Bertz CT molecular complexity index is 981. The highest BCUT2D eigenvalue weighted by Gasteiger charge is 2.36. The molecule has 1 amide bonds. The summed E-state index contributed by atoms with van der Waals surface area (Å²) >= 11 is 1.31. The van der Waals surface area contributed by atoms with Gasteiger partial charge in [0.05, 0.1) is 10.6 Å². The normalized spacial score (nSPS) is 18.2. The van der Waals surface area contributed by atoms with Gasteiger partial charge in [0.25, 0.3) is 5.91 Å². The van der Waals surface area contributed by atoms with Crippen LogP contribution in [0.15, 0.2) is 29.6 Å². The molecule has 0 N–H and O–H groups in total. The van der Waals surface area contributed by atoms with Crippen LogP contribution in [0.25, 0.3) is 16.2 Å². The zero-order chi connectivity index (χ0) is 19.2. The van der Waals surface area contributed by atoms with Crippen molar-refractivity contribution < 1.29 is 18.0 Å². The van der Waals surface area contributed by atoms with Gasteiger partial charge in [0.15, 0.2) is 17.0 Å². The van der Waals surface area contributed by atoms with Crippen LogP contribution in [0, 0.1) is 5.92 Å². The molecule has 1 aliphatic heterocycles. The Kier molecular flexibility index (Phi) is 4.41. The van der Waals surface area contributed by atoms with Crippen LogP contribution in [0.3, 0.4) is 0 Å². The van der Waals surface area contributed by atoms with Gasteiger partial charge in [-0.2, -0.15) is 18.3 Å². The SMILES string of the molecule is CC1CCCN(C(=O)c2cc3nc(-c4cccs4)cc(C(F)(F)F)n3n2)C1. The van der Waals surface area contributed by atoms with Gasteiger partial charge in [-0.05, 0) is 36.3 Å². The van der Waals surface area contributed by atoms with E-state index in [1.165, 1.54) is 17.4 Å². The van der Waals surface area contributed by atoms with E-state index in [4.69, 9.17) is 0 Å². The van der Waals surface area contributed by atoms with Gasteiger partial charge < -0.3 is 4.90 Å². The highest BCUT2D eigenvalue weighted by atomic mass is 32.1. The molecule has 9 heteroatoms. The average molecular weight is 394 g/mol. The van der Waals surface area contributed by atoms with E-state index in [0.29, 0.717) is 23.9 Å². The first-order chi connectivity index (χ1) is 12.8. The lowest BCUT2D eigenvalue weighted by atomic mass is 10.0. The fraction of sp³-hybridized carbons (Fsp3) is 0.389. The lowest BCUT2D eigenvalue weighted by Gasteiger charge is -2.30. The van der Waals surface area contributed by atoms with Crippen molar-refractivity contribution in [1.82, 2.24) is 19.5 Å². The Morgan fingerprint density at radius 3 is 2.81 bits per heavy atom. The summed E-state index contributed by atoms with van der Waals surface area (Å²) in [4.78, 5) is 19.3. The summed E-state index contributed by atoms with van der Waals surface area (Å²) in [7, 11) is 0. The smallest absolute Gasteiger partial charge is 0.337 e. The number of nitrogens with zero attached hydrogens (tertiary/aromatic N) is 4. The molecular weight excluding hydrogens is 377 g/mol. The summed E-state index contributed by atoms with van der Waals surface area (Å²) in [6.45, 7) is 3.24. The summed E-state index contributed by atoms with van der Waals surface area (Å²) in [5, 5.41) is 5.72. The fourth-order valence-corrected chi connectivity index (χ4v) is 4.05. The number of thiophene rings is 1. The van der Waals surface area contributed by atoms with Gasteiger partial charge in [-0.25, -0.2) is 9.50 Å². The zero-order valence-electron chi connectivity index (χ0n) is 14.5. The van der Waals surface area contributed by atoms with E-state index in [9.17, 15) is 18.0 Å². The van der Waals surface area contributed by atoms with Crippen LogP contribution in [0.1, 0.15) is 35.9 Å². The third kappa shape index (κ3) is 3.43. The van der Waals surface area contributed by atoms with Crippen LogP contribution in [0.2, 0.25) is 0 Å². The number of piperidine rings is 1. The van der Waals surface area contributed by atoms with Gasteiger partial charge >= 0.3 is 6.18 Å². The van der Waals surface area contributed by atoms with Gasteiger partial charge in [-0.3, -0.25) is 4.79 Å². The van der Waals surface area contributed by atoms with Crippen molar-refractivity contribution in [2.75, 3.05) is 13.1 Å². The van der Waals surface area contributed by atoms with Gasteiger partial charge in [0.2, 0.25) is 0 Å². The second kappa shape index (κ2) is 6.63. The zero-order valence-corrected chi connectivity index (χ0v) is 15.3. The van der Waals surface area contributed by atoms with Crippen molar-refractivity contribution in [3.05, 3.63) is 41.0 Å². The van der Waals surface area contributed by atoms with Gasteiger partial charge in [0, 0.05) is 19.2 Å². The molecule has 4 rings (SSSR count). The first-order valence-electron chi connectivity index (χ1n) is 8.64. The lowest BCUT2D eigenvalue weighted by Crippen LogP contribution is -2.39. The Labute approximate surface area is 157 Å². The Morgan fingerprint density at radius 2 is 2.15 bits per heavy atom. The number of hydrogen-bond acceptors (Lipinski definition) is 4. The number of hydrogen-bond donors (Lipinski definition) is 0. The second-order valence-corrected chi connectivity index (χ2v) is 7.75. The number of aromatic nitrogens is 3. The summed E-state index contributed by atoms with van der Waals surface area (Å²) in [6, 6.07) is 5.78. The first-order valence-corrected chi connectivity index (χ1v) is 9.52. The molecule has 27 heavy (non-hydrogen) atoms. The molecule has 0 aromatic carbocycles. The van der Waals surface area contributed by atoms with Gasteiger partial charge in [-0.1, -0.05) is 13.0 Å². The van der Waals surface area contributed by atoms with Crippen molar-refractivity contribution in [1.29, 1.82) is 0 Å². The molecule has 0 radical (unpaired) electrons. The standard InChI is InChI=1S/C18H17F3N4OS/c1-11-4-2-6-24(10-11)17(26)13-9-16-22-12(14-5-3-7-27-14)8-15(18(19,20)21)25(16)23-13/h3,5,7-9,11H,2,4,6,10H2,1H3. The van der Waals surface area contributed by atoms with E-state index in [1.807, 2.05) is 0 Å². The minimum Gasteiger partial charge on any atom is -0.337 e.